The van der Waals surface area contributed by atoms with E-state index in [4.69, 9.17) is 4.74 Å². The van der Waals surface area contributed by atoms with Crippen LogP contribution >= 0.6 is 0 Å². The van der Waals surface area contributed by atoms with Crippen LogP contribution in [0, 0.1) is 11.8 Å². The van der Waals surface area contributed by atoms with E-state index in [1.807, 2.05) is 0 Å². The largest absolute Gasteiger partial charge is 0.459 e. The van der Waals surface area contributed by atoms with Gasteiger partial charge in [-0.2, -0.15) is 0 Å². The van der Waals surface area contributed by atoms with Crippen molar-refractivity contribution in [3.8, 4) is 0 Å². The summed E-state index contributed by atoms with van der Waals surface area (Å²) in [5, 5.41) is 0. The van der Waals surface area contributed by atoms with Crippen molar-refractivity contribution in [2.75, 3.05) is 19.7 Å². The van der Waals surface area contributed by atoms with Crippen LogP contribution in [-0.4, -0.2) is 36.5 Å². The fourth-order valence-electron chi connectivity index (χ4n) is 2.15. The first kappa shape index (κ1) is 12.0. The van der Waals surface area contributed by atoms with E-state index in [0.29, 0.717) is 24.9 Å². The van der Waals surface area contributed by atoms with E-state index in [1.54, 1.807) is 11.8 Å². The number of esters is 1. The number of carbonyl (C=O) groups is 2. The molecule has 1 aliphatic rings. The van der Waals surface area contributed by atoms with Gasteiger partial charge in [0, 0.05) is 13.1 Å². The van der Waals surface area contributed by atoms with Gasteiger partial charge in [0.15, 0.2) is 0 Å². The van der Waals surface area contributed by atoms with E-state index < -0.39 is 11.9 Å². The smallest absolute Gasteiger partial charge is 0.397 e. The Morgan fingerprint density at radius 3 is 2.27 bits per heavy atom. The molecule has 0 saturated carbocycles. The predicted octanol–water partition coefficient (Wildman–Crippen LogP) is 1.05. The molecule has 4 heteroatoms. The first-order valence-corrected chi connectivity index (χ1v) is 5.50. The molecule has 1 amide bonds. The molecule has 1 saturated heterocycles. The number of ether oxygens (including phenoxy) is 1. The molecule has 0 aromatic carbocycles. The molecule has 0 unspecified atom stereocenters. The van der Waals surface area contributed by atoms with Gasteiger partial charge in [-0.3, -0.25) is 4.79 Å². The average molecular weight is 213 g/mol. The van der Waals surface area contributed by atoms with Gasteiger partial charge in [-0.15, -0.1) is 0 Å². The molecule has 1 aliphatic heterocycles. The summed E-state index contributed by atoms with van der Waals surface area (Å²) in [6.45, 7) is 7.49. The molecular formula is C11H19NO3. The lowest BCUT2D eigenvalue weighted by molar-refractivity contribution is -0.161. The minimum Gasteiger partial charge on any atom is -0.459 e. The Bertz CT molecular complexity index is 242. The van der Waals surface area contributed by atoms with Crippen LogP contribution in [0.2, 0.25) is 0 Å². The standard InChI is InChI=1S/C11H19NO3/c1-4-15-11(14)10(13)12-6-8(2)5-9(3)7-12/h8-9H,4-7H2,1-3H3/t8-,9-/m1/s1. The molecule has 1 fully saturated rings. The summed E-state index contributed by atoms with van der Waals surface area (Å²) in [6, 6.07) is 0. The van der Waals surface area contributed by atoms with E-state index >= 15 is 0 Å². The van der Waals surface area contributed by atoms with Crippen molar-refractivity contribution in [2.45, 2.75) is 27.2 Å². The van der Waals surface area contributed by atoms with Crippen molar-refractivity contribution in [2.24, 2.45) is 11.8 Å². The molecule has 1 rings (SSSR count). The second-order valence-corrected chi connectivity index (χ2v) is 4.38. The van der Waals surface area contributed by atoms with Crippen LogP contribution in [0.15, 0.2) is 0 Å². The molecule has 15 heavy (non-hydrogen) atoms. The monoisotopic (exact) mass is 213 g/mol. The number of piperidine rings is 1. The Hall–Kier alpha value is -1.06. The van der Waals surface area contributed by atoms with Gasteiger partial charge >= 0.3 is 11.9 Å². The summed E-state index contributed by atoms with van der Waals surface area (Å²) < 4.78 is 4.70. The zero-order chi connectivity index (χ0) is 11.4. The molecule has 0 bridgehead atoms. The number of rotatable bonds is 1. The molecule has 0 N–H and O–H groups in total. The third-order valence-electron chi connectivity index (χ3n) is 2.61. The third kappa shape index (κ3) is 3.22. The van der Waals surface area contributed by atoms with E-state index in [-0.39, 0.29) is 6.61 Å². The van der Waals surface area contributed by atoms with Gasteiger partial charge in [0.1, 0.15) is 0 Å². The maximum Gasteiger partial charge on any atom is 0.397 e. The lowest BCUT2D eigenvalue weighted by Crippen LogP contribution is -2.46. The fraction of sp³-hybridized carbons (Fsp3) is 0.818. The maximum atomic E-state index is 11.6. The fourth-order valence-corrected chi connectivity index (χ4v) is 2.15. The molecule has 0 spiro atoms. The van der Waals surface area contributed by atoms with Crippen molar-refractivity contribution in [1.29, 1.82) is 0 Å². The van der Waals surface area contributed by atoms with E-state index in [9.17, 15) is 9.59 Å². The first-order valence-electron chi connectivity index (χ1n) is 5.50. The summed E-state index contributed by atoms with van der Waals surface area (Å²) in [7, 11) is 0. The van der Waals surface area contributed by atoms with Gasteiger partial charge in [-0.1, -0.05) is 13.8 Å². The van der Waals surface area contributed by atoms with Crippen molar-refractivity contribution >= 4 is 11.9 Å². The lowest BCUT2D eigenvalue weighted by atomic mass is 9.92. The summed E-state index contributed by atoms with van der Waals surface area (Å²) in [5.41, 5.74) is 0. The van der Waals surface area contributed by atoms with Gasteiger partial charge in [-0.05, 0) is 25.2 Å². The molecule has 86 valence electrons. The molecule has 1 heterocycles. The highest BCUT2D eigenvalue weighted by atomic mass is 16.5. The lowest BCUT2D eigenvalue weighted by Gasteiger charge is -2.34. The van der Waals surface area contributed by atoms with Crippen molar-refractivity contribution in [3.63, 3.8) is 0 Å². The molecule has 2 atom stereocenters. The van der Waals surface area contributed by atoms with Crippen LogP contribution in [0.4, 0.5) is 0 Å². The van der Waals surface area contributed by atoms with Gasteiger partial charge in [0.05, 0.1) is 6.61 Å². The van der Waals surface area contributed by atoms with Crippen LogP contribution in [-0.2, 0) is 14.3 Å². The van der Waals surface area contributed by atoms with Crippen molar-refractivity contribution in [3.05, 3.63) is 0 Å². The number of carbonyl (C=O) groups excluding carboxylic acids is 2. The number of hydrogen-bond donors (Lipinski definition) is 0. The van der Waals surface area contributed by atoms with Crippen LogP contribution in [0.25, 0.3) is 0 Å². The molecule has 4 nitrogen and oxygen atoms in total. The number of likely N-dealkylation sites (tertiary alicyclic amines) is 1. The second-order valence-electron chi connectivity index (χ2n) is 4.38. The van der Waals surface area contributed by atoms with Gasteiger partial charge < -0.3 is 9.64 Å². The van der Waals surface area contributed by atoms with Gasteiger partial charge in [-0.25, -0.2) is 4.79 Å². The highest BCUT2D eigenvalue weighted by Crippen LogP contribution is 2.20. The number of nitrogens with zero attached hydrogens (tertiary/aromatic N) is 1. The first-order chi connectivity index (χ1) is 7.04. The van der Waals surface area contributed by atoms with E-state index in [2.05, 4.69) is 13.8 Å². The van der Waals surface area contributed by atoms with E-state index in [0.717, 1.165) is 6.42 Å². The predicted molar refractivity (Wildman–Crippen MR) is 56.2 cm³/mol. The number of hydrogen-bond acceptors (Lipinski definition) is 3. The Morgan fingerprint density at radius 2 is 1.80 bits per heavy atom. The van der Waals surface area contributed by atoms with Gasteiger partial charge in [0.25, 0.3) is 0 Å². The van der Waals surface area contributed by atoms with Crippen molar-refractivity contribution in [1.82, 2.24) is 4.90 Å². The Balaban J connectivity index is 2.55. The molecule has 0 radical (unpaired) electrons. The summed E-state index contributed by atoms with van der Waals surface area (Å²) >= 11 is 0. The second kappa shape index (κ2) is 5.14. The Kier molecular flexibility index (Phi) is 4.12. The van der Waals surface area contributed by atoms with E-state index in [1.165, 1.54) is 0 Å². The Morgan fingerprint density at radius 1 is 1.27 bits per heavy atom. The topological polar surface area (TPSA) is 46.6 Å². The highest BCUT2D eigenvalue weighted by Gasteiger charge is 2.29. The summed E-state index contributed by atoms with van der Waals surface area (Å²) in [5.74, 6) is -0.284. The van der Waals surface area contributed by atoms with Crippen LogP contribution in [0.3, 0.4) is 0 Å². The van der Waals surface area contributed by atoms with Crippen LogP contribution < -0.4 is 0 Å². The third-order valence-corrected chi connectivity index (χ3v) is 2.61. The van der Waals surface area contributed by atoms with Crippen molar-refractivity contribution < 1.29 is 14.3 Å². The Labute approximate surface area is 90.6 Å². The van der Waals surface area contributed by atoms with Crippen LogP contribution in [0.1, 0.15) is 27.2 Å². The number of amides is 1. The normalized spacial score (nSPS) is 26.2. The molecule has 0 aliphatic carbocycles. The quantitative estimate of drug-likeness (QED) is 0.483. The SMILES string of the molecule is CCOC(=O)C(=O)N1C[C@H](C)C[C@@H](C)C1. The summed E-state index contributed by atoms with van der Waals surface area (Å²) in [4.78, 5) is 24.5. The molecule has 0 aromatic heterocycles. The molecular weight excluding hydrogens is 194 g/mol. The highest BCUT2D eigenvalue weighted by molar-refractivity contribution is 6.32. The maximum absolute atomic E-state index is 11.6. The summed E-state index contributed by atoms with van der Waals surface area (Å²) in [6.07, 6.45) is 1.12. The van der Waals surface area contributed by atoms with Crippen LogP contribution in [0.5, 0.6) is 0 Å². The zero-order valence-corrected chi connectivity index (χ0v) is 9.66. The minimum atomic E-state index is -0.723. The zero-order valence-electron chi connectivity index (χ0n) is 9.66. The van der Waals surface area contributed by atoms with Gasteiger partial charge in [0.2, 0.25) is 0 Å². The molecule has 0 aromatic rings. The average Bonchev–Trinajstić information content (AvgIpc) is 2.15. The minimum absolute atomic E-state index is 0.253.